The van der Waals surface area contributed by atoms with Gasteiger partial charge in [-0.1, -0.05) is 66.7 Å². The molecule has 3 rings (SSSR count). The van der Waals surface area contributed by atoms with Gasteiger partial charge in [-0.3, -0.25) is 14.5 Å². The van der Waals surface area contributed by atoms with Crippen LogP contribution < -0.4 is 5.32 Å². The van der Waals surface area contributed by atoms with Gasteiger partial charge in [-0.05, 0) is 36.5 Å². The summed E-state index contributed by atoms with van der Waals surface area (Å²) in [6, 6.07) is 19.7. The molecule has 1 heterocycles. The lowest BCUT2D eigenvalue weighted by Gasteiger charge is -2.26. The first-order valence-corrected chi connectivity index (χ1v) is 9.42. The lowest BCUT2D eigenvalue weighted by molar-refractivity contribution is -0.127. The molecule has 2 aromatic rings. The van der Waals surface area contributed by atoms with Crippen LogP contribution in [0.3, 0.4) is 0 Å². The van der Waals surface area contributed by atoms with Crippen molar-refractivity contribution < 1.29 is 9.59 Å². The minimum Gasteiger partial charge on any atom is -0.345 e. The largest absolute Gasteiger partial charge is 0.345 e. The molecule has 1 N–H and O–H groups in total. The van der Waals surface area contributed by atoms with Crippen molar-refractivity contribution in [1.82, 2.24) is 10.2 Å². The molecule has 0 radical (unpaired) electrons. The quantitative estimate of drug-likeness (QED) is 0.823. The third-order valence-corrected chi connectivity index (χ3v) is 4.91. The Bertz CT molecular complexity index is 800. The summed E-state index contributed by atoms with van der Waals surface area (Å²) in [5, 5.41) is 2.90. The molecule has 1 aliphatic rings. The Morgan fingerprint density at radius 3 is 2.30 bits per heavy atom. The highest BCUT2D eigenvalue weighted by Gasteiger charge is 2.20. The highest BCUT2D eigenvalue weighted by Crippen LogP contribution is 2.21. The number of nitrogens with zero attached hydrogens (tertiary/aromatic N) is 1. The van der Waals surface area contributed by atoms with E-state index in [2.05, 4.69) is 28.4 Å². The number of carbonyl (C=O) groups is 2. The van der Waals surface area contributed by atoms with Crippen LogP contribution in [0.5, 0.6) is 0 Å². The summed E-state index contributed by atoms with van der Waals surface area (Å²) in [4.78, 5) is 26.5. The molecule has 1 aliphatic heterocycles. The van der Waals surface area contributed by atoms with Crippen molar-refractivity contribution in [2.75, 3.05) is 19.6 Å². The van der Waals surface area contributed by atoms with E-state index in [-0.39, 0.29) is 11.7 Å². The molecule has 0 saturated carbocycles. The summed E-state index contributed by atoms with van der Waals surface area (Å²) in [5.74, 6) is -0.111. The Kier molecular flexibility index (Phi) is 6.55. The standard InChI is InChI=1S/C23H26N2O2/c1-18(26)22(16-19-8-4-2-5-9-19)24-23(27)17-25-14-12-21(13-15-25)20-10-6-3-7-11-20/h2-12,22H,13-17H2,1H3,(H,24,27)/t22-/m0/s1. The normalized spacial score (nSPS) is 15.7. The second-order valence-electron chi connectivity index (χ2n) is 7.00. The van der Waals surface area contributed by atoms with Crippen molar-refractivity contribution in [1.29, 1.82) is 0 Å². The minimum atomic E-state index is -0.472. The fraction of sp³-hybridized carbons (Fsp3) is 0.304. The molecule has 0 bridgehead atoms. The van der Waals surface area contributed by atoms with Gasteiger partial charge in [0.15, 0.2) is 5.78 Å². The van der Waals surface area contributed by atoms with E-state index >= 15 is 0 Å². The SMILES string of the molecule is CC(=O)[C@H](Cc1ccccc1)NC(=O)CN1CC=C(c2ccccc2)CC1. The molecule has 4 nitrogen and oxygen atoms in total. The van der Waals surface area contributed by atoms with E-state index in [9.17, 15) is 9.59 Å². The first-order valence-electron chi connectivity index (χ1n) is 9.42. The number of Topliss-reactive ketones (excluding diaryl/α,β-unsaturated/α-hetero) is 1. The average molecular weight is 362 g/mol. The summed E-state index contributed by atoms with van der Waals surface area (Å²) in [6.07, 6.45) is 3.65. The van der Waals surface area contributed by atoms with E-state index < -0.39 is 6.04 Å². The van der Waals surface area contributed by atoms with Gasteiger partial charge in [0.1, 0.15) is 0 Å². The van der Waals surface area contributed by atoms with Crippen molar-refractivity contribution in [2.45, 2.75) is 25.8 Å². The lowest BCUT2D eigenvalue weighted by Crippen LogP contribution is -2.46. The molecule has 27 heavy (non-hydrogen) atoms. The van der Waals surface area contributed by atoms with Crippen LogP contribution in [0.2, 0.25) is 0 Å². The van der Waals surface area contributed by atoms with E-state index in [1.165, 1.54) is 18.1 Å². The number of nitrogens with one attached hydrogen (secondary N) is 1. The van der Waals surface area contributed by atoms with Gasteiger partial charge >= 0.3 is 0 Å². The van der Waals surface area contributed by atoms with Gasteiger partial charge < -0.3 is 5.32 Å². The predicted octanol–water partition coefficient (Wildman–Crippen LogP) is 3.09. The van der Waals surface area contributed by atoms with Crippen LogP contribution in [0.1, 0.15) is 24.5 Å². The number of carbonyl (C=O) groups excluding carboxylic acids is 2. The van der Waals surface area contributed by atoms with Gasteiger partial charge in [0, 0.05) is 13.1 Å². The summed E-state index contributed by atoms with van der Waals surface area (Å²) >= 11 is 0. The molecule has 0 aromatic heterocycles. The maximum Gasteiger partial charge on any atom is 0.234 e. The van der Waals surface area contributed by atoms with Crippen LogP contribution in [-0.2, 0) is 16.0 Å². The number of rotatable bonds is 7. The van der Waals surface area contributed by atoms with Crippen molar-refractivity contribution in [3.05, 3.63) is 77.9 Å². The number of hydrogen-bond acceptors (Lipinski definition) is 3. The topological polar surface area (TPSA) is 49.4 Å². The highest BCUT2D eigenvalue weighted by atomic mass is 16.2. The molecule has 0 spiro atoms. The second kappa shape index (κ2) is 9.28. The van der Waals surface area contributed by atoms with Gasteiger partial charge in [0.25, 0.3) is 0 Å². The summed E-state index contributed by atoms with van der Waals surface area (Å²) < 4.78 is 0. The van der Waals surface area contributed by atoms with Crippen molar-refractivity contribution in [3.63, 3.8) is 0 Å². The van der Waals surface area contributed by atoms with Crippen molar-refractivity contribution >= 4 is 17.3 Å². The molecule has 140 valence electrons. The van der Waals surface area contributed by atoms with E-state index in [1.807, 2.05) is 48.5 Å². The first kappa shape index (κ1) is 19.1. The van der Waals surface area contributed by atoms with Crippen molar-refractivity contribution in [3.8, 4) is 0 Å². The number of benzene rings is 2. The van der Waals surface area contributed by atoms with Crippen LogP contribution >= 0.6 is 0 Å². The van der Waals surface area contributed by atoms with Crippen LogP contribution in [0, 0.1) is 0 Å². The maximum absolute atomic E-state index is 12.4. The molecule has 1 atom stereocenters. The van der Waals surface area contributed by atoms with Gasteiger partial charge in [-0.25, -0.2) is 0 Å². The Morgan fingerprint density at radius 1 is 1.04 bits per heavy atom. The number of ketones is 1. The fourth-order valence-corrected chi connectivity index (χ4v) is 3.36. The van der Waals surface area contributed by atoms with Gasteiger partial charge in [0.2, 0.25) is 5.91 Å². The Labute approximate surface area is 160 Å². The summed E-state index contributed by atoms with van der Waals surface area (Å²) in [5.41, 5.74) is 3.63. The molecule has 2 aromatic carbocycles. The van der Waals surface area contributed by atoms with E-state index in [0.29, 0.717) is 13.0 Å². The molecule has 0 fully saturated rings. The summed E-state index contributed by atoms with van der Waals surface area (Å²) in [6.45, 7) is 3.44. The van der Waals surface area contributed by atoms with Crippen LogP contribution in [-0.4, -0.2) is 42.3 Å². The fourth-order valence-electron chi connectivity index (χ4n) is 3.36. The Morgan fingerprint density at radius 2 is 1.70 bits per heavy atom. The minimum absolute atomic E-state index is 0.0166. The zero-order valence-electron chi connectivity index (χ0n) is 15.7. The smallest absolute Gasteiger partial charge is 0.234 e. The van der Waals surface area contributed by atoms with E-state index in [0.717, 1.165) is 25.1 Å². The van der Waals surface area contributed by atoms with Crippen molar-refractivity contribution in [2.24, 2.45) is 0 Å². The first-order chi connectivity index (χ1) is 13.1. The third-order valence-electron chi connectivity index (χ3n) is 4.91. The zero-order chi connectivity index (χ0) is 19.1. The molecule has 1 amide bonds. The number of amides is 1. The molecular formula is C23H26N2O2. The molecule has 4 heteroatoms. The Balaban J connectivity index is 1.52. The monoisotopic (exact) mass is 362 g/mol. The predicted molar refractivity (Wildman–Crippen MR) is 108 cm³/mol. The van der Waals surface area contributed by atoms with E-state index in [4.69, 9.17) is 0 Å². The molecule has 0 aliphatic carbocycles. The van der Waals surface area contributed by atoms with Gasteiger partial charge in [-0.15, -0.1) is 0 Å². The zero-order valence-corrected chi connectivity index (χ0v) is 15.7. The molecule has 0 saturated heterocycles. The second-order valence-corrected chi connectivity index (χ2v) is 7.00. The number of hydrogen-bond donors (Lipinski definition) is 1. The molecule has 0 unspecified atom stereocenters. The van der Waals surface area contributed by atoms with E-state index in [1.54, 1.807) is 0 Å². The third kappa shape index (κ3) is 5.63. The van der Waals surface area contributed by atoms with Gasteiger partial charge in [-0.2, -0.15) is 0 Å². The Hall–Kier alpha value is -2.72. The van der Waals surface area contributed by atoms with Crippen LogP contribution in [0.25, 0.3) is 5.57 Å². The highest BCUT2D eigenvalue weighted by molar-refractivity contribution is 5.88. The molecular weight excluding hydrogens is 336 g/mol. The van der Waals surface area contributed by atoms with Crippen LogP contribution in [0.4, 0.5) is 0 Å². The maximum atomic E-state index is 12.4. The average Bonchev–Trinajstić information content (AvgIpc) is 2.69. The van der Waals surface area contributed by atoms with Gasteiger partial charge in [0.05, 0.1) is 12.6 Å². The lowest BCUT2D eigenvalue weighted by atomic mass is 9.99. The van der Waals surface area contributed by atoms with Crippen LogP contribution in [0.15, 0.2) is 66.7 Å². The summed E-state index contributed by atoms with van der Waals surface area (Å²) in [7, 11) is 0.